The number of carbonyl (C=O) groups is 2. The average Bonchev–Trinajstić information content (AvgIpc) is 3.10. The molecule has 0 spiro atoms. The quantitative estimate of drug-likeness (QED) is 0.700. The van der Waals surface area contributed by atoms with Crippen molar-refractivity contribution in [1.29, 1.82) is 0 Å². The summed E-state index contributed by atoms with van der Waals surface area (Å²) >= 11 is 1.34. The van der Waals surface area contributed by atoms with E-state index in [-0.39, 0.29) is 17.6 Å². The first-order valence-corrected chi connectivity index (χ1v) is 10.6. The molecule has 0 atom stereocenters. The molecule has 2 aromatic rings. The Morgan fingerprint density at radius 2 is 1.97 bits per heavy atom. The van der Waals surface area contributed by atoms with E-state index in [0.29, 0.717) is 54.2 Å². The molecule has 29 heavy (non-hydrogen) atoms. The summed E-state index contributed by atoms with van der Waals surface area (Å²) in [5, 5.41) is 3.56. The van der Waals surface area contributed by atoms with Gasteiger partial charge in [-0.15, -0.1) is 11.3 Å². The maximum absolute atomic E-state index is 13.1. The minimum Gasteiger partial charge on any atom is -0.383 e. The lowest BCUT2D eigenvalue weighted by Gasteiger charge is -2.31. The largest absolute Gasteiger partial charge is 0.383 e. The lowest BCUT2D eigenvalue weighted by molar-refractivity contribution is -0.122. The molecule has 8 heteroatoms. The first-order valence-electron chi connectivity index (χ1n) is 9.76. The van der Waals surface area contributed by atoms with Crippen LogP contribution in [0.25, 0.3) is 10.6 Å². The van der Waals surface area contributed by atoms with Gasteiger partial charge in [0, 0.05) is 38.7 Å². The van der Waals surface area contributed by atoms with E-state index in [0.717, 1.165) is 18.4 Å². The predicted octanol–water partition coefficient (Wildman–Crippen LogP) is 3.26. The predicted molar refractivity (Wildman–Crippen MR) is 110 cm³/mol. The summed E-state index contributed by atoms with van der Waals surface area (Å²) in [7, 11) is 1.60. The van der Waals surface area contributed by atoms with Crippen molar-refractivity contribution in [2.24, 2.45) is 5.92 Å². The average molecular weight is 420 g/mol. The van der Waals surface area contributed by atoms with Crippen LogP contribution in [0, 0.1) is 18.7 Å². The van der Waals surface area contributed by atoms with Crippen LogP contribution in [0.3, 0.4) is 0 Å². The molecular formula is C21H26FN3O3S. The summed E-state index contributed by atoms with van der Waals surface area (Å²) in [4.78, 5) is 31.9. The minimum absolute atomic E-state index is 0.0173. The molecule has 2 heterocycles. The van der Waals surface area contributed by atoms with E-state index in [2.05, 4.69) is 10.3 Å². The van der Waals surface area contributed by atoms with Gasteiger partial charge in [0.1, 0.15) is 15.7 Å². The van der Waals surface area contributed by atoms with Gasteiger partial charge < -0.3 is 15.0 Å². The topological polar surface area (TPSA) is 71.5 Å². The Kier molecular flexibility index (Phi) is 7.33. The molecule has 3 rings (SSSR count). The number of nitrogens with one attached hydrogen (secondary N) is 1. The van der Waals surface area contributed by atoms with Gasteiger partial charge in [-0.25, -0.2) is 9.37 Å². The molecular weight excluding hydrogens is 393 g/mol. The Morgan fingerprint density at radius 3 is 2.62 bits per heavy atom. The molecule has 0 unspecified atom stereocenters. The van der Waals surface area contributed by atoms with E-state index < -0.39 is 0 Å². The zero-order chi connectivity index (χ0) is 20.8. The number of hydrogen-bond donors (Lipinski definition) is 1. The Morgan fingerprint density at radius 1 is 1.28 bits per heavy atom. The second-order valence-electron chi connectivity index (χ2n) is 7.22. The van der Waals surface area contributed by atoms with Crippen LogP contribution in [0.5, 0.6) is 0 Å². The molecule has 156 valence electrons. The van der Waals surface area contributed by atoms with Gasteiger partial charge in [0.15, 0.2) is 0 Å². The van der Waals surface area contributed by atoms with Crippen LogP contribution in [0.4, 0.5) is 4.39 Å². The number of aromatic nitrogens is 1. The van der Waals surface area contributed by atoms with Gasteiger partial charge in [0.25, 0.3) is 5.91 Å². The van der Waals surface area contributed by atoms with E-state index in [1.165, 1.54) is 23.5 Å². The standard InChI is InChI=1S/C21H26FN3O3S/c1-14-19(29-20(24-14)16-3-5-17(22)6-4-16)21(27)25-10-7-15(8-11-25)13-18(26)23-9-12-28-2/h3-6,15H,7-13H2,1-2H3,(H,23,26). The summed E-state index contributed by atoms with van der Waals surface area (Å²) in [5.74, 6) is 0.0120. The van der Waals surface area contributed by atoms with Gasteiger partial charge in [-0.05, 0) is 49.9 Å². The maximum Gasteiger partial charge on any atom is 0.265 e. The second kappa shape index (κ2) is 9.93. The van der Waals surface area contributed by atoms with Crippen molar-refractivity contribution in [2.75, 3.05) is 33.4 Å². The number of thiazole rings is 1. The first kappa shape index (κ1) is 21.4. The van der Waals surface area contributed by atoms with Gasteiger partial charge in [-0.2, -0.15) is 0 Å². The fourth-order valence-corrected chi connectivity index (χ4v) is 4.46. The SMILES string of the molecule is COCCNC(=O)CC1CCN(C(=O)c2sc(-c3ccc(F)cc3)nc2C)CC1. The molecule has 2 amide bonds. The summed E-state index contributed by atoms with van der Waals surface area (Å²) in [6.07, 6.45) is 2.11. The highest BCUT2D eigenvalue weighted by atomic mass is 32.1. The molecule has 0 aliphatic carbocycles. The number of amides is 2. The lowest BCUT2D eigenvalue weighted by Crippen LogP contribution is -2.39. The Bertz CT molecular complexity index is 845. The van der Waals surface area contributed by atoms with Crippen molar-refractivity contribution in [3.05, 3.63) is 40.7 Å². The molecule has 1 fully saturated rings. The fourth-order valence-electron chi connectivity index (χ4n) is 3.42. The monoisotopic (exact) mass is 419 g/mol. The van der Waals surface area contributed by atoms with Crippen molar-refractivity contribution in [3.8, 4) is 10.6 Å². The number of benzene rings is 1. The lowest BCUT2D eigenvalue weighted by atomic mass is 9.93. The molecule has 6 nitrogen and oxygen atoms in total. The number of nitrogens with zero attached hydrogens (tertiary/aromatic N) is 2. The molecule has 1 aromatic heterocycles. The number of ether oxygens (including phenoxy) is 1. The van der Waals surface area contributed by atoms with E-state index >= 15 is 0 Å². The number of methoxy groups -OCH3 is 1. The number of piperidine rings is 1. The Hall–Kier alpha value is -2.32. The number of rotatable bonds is 7. The van der Waals surface area contributed by atoms with Gasteiger partial charge in [0.2, 0.25) is 5.91 Å². The fraction of sp³-hybridized carbons (Fsp3) is 0.476. The van der Waals surface area contributed by atoms with Crippen molar-refractivity contribution < 1.29 is 18.7 Å². The van der Waals surface area contributed by atoms with Crippen molar-refractivity contribution >= 4 is 23.2 Å². The summed E-state index contributed by atoms with van der Waals surface area (Å²) in [5.41, 5.74) is 1.50. The summed E-state index contributed by atoms with van der Waals surface area (Å²) in [6.45, 7) is 4.13. The smallest absolute Gasteiger partial charge is 0.265 e. The van der Waals surface area contributed by atoms with Crippen LogP contribution < -0.4 is 5.32 Å². The summed E-state index contributed by atoms with van der Waals surface area (Å²) in [6, 6.07) is 6.13. The van der Waals surface area contributed by atoms with Gasteiger partial charge in [-0.3, -0.25) is 9.59 Å². The molecule has 1 saturated heterocycles. The van der Waals surface area contributed by atoms with Crippen LogP contribution in [0.15, 0.2) is 24.3 Å². The van der Waals surface area contributed by atoms with Crippen molar-refractivity contribution in [2.45, 2.75) is 26.2 Å². The minimum atomic E-state index is -0.298. The third kappa shape index (κ3) is 5.61. The maximum atomic E-state index is 13.1. The van der Waals surface area contributed by atoms with Crippen molar-refractivity contribution in [3.63, 3.8) is 0 Å². The molecule has 0 bridgehead atoms. The number of likely N-dealkylation sites (tertiary alicyclic amines) is 1. The van der Waals surface area contributed by atoms with E-state index in [4.69, 9.17) is 4.74 Å². The number of halogens is 1. The highest BCUT2D eigenvalue weighted by molar-refractivity contribution is 7.17. The molecule has 0 radical (unpaired) electrons. The van der Waals surface area contributed by atoms with Gasteiger partial charge in [0.05, 0.1) is 12.3 Å². The van der Waals surface area contributed by atoms with Gasteiger partial charge in [-0.1, -0.05) is 0 Å². The van der Waals surface area contributed by atoms with Crippen LogP contribution in [-0.4, -0.2) is 55.0 Å². The normalized spacial score (nSPS) is 14.8. The van der Waals surface area contributed by atoms with Crippen LogP contribution >= 0.6 is 11.3 Å². The third-order valence-corrected chi connectivity index (χ3v) is 6.28. The van der Waals surface area contributed by atoms with Gasteiger partial charge >= 0.3 is 0 Å². The Balaban J connectivity index is 1.55. The molecule has 0 saturated carbocycles. The van der Waals surface area contributed by atoms with E-state index in [1.807, 2.05) is 11.8 Å². The highest BCUT2D eigenvalue weighted by Gasteiger charge is 2.27. The van der Waals surface area contributed by atoms with Crippen LogP contribution in [0.1, 0.15) is 34.6 Å². The molecule has 1 N–H and O–H groups in total. The first-order chi connectivity index (χ1) is 14.0. The van der Waals surface area contributed by atoms with E-state index in [1.54, 1.807) is 19.2 Å². The summed E-state index contributed by atoms with van der Waals surface area (Å²) < 4.78 is 18.1. The number of aryl methyl sites for hydroxylation is 1. The van der Waals surface area contributed by atoms with Crippen molar-refractivity contribution in [1.82, 2.24) is 15.2 Å². The highest BCUT2D eigenvalue weighted by Crippen LogP contribution is 2.30. The third-order valence-electron chi connectivity index (χ3n) is 5.09. The zero-order valence-electron chi connectivity index (χ0n) is 16.7. The second-order valence-corrected chi connectivity index (χ2v) is 8.22. The number of carbonyl (C=O) groups excluding carboxylic acids is 2. The molecule has 1 aromatic carbocycles. The molecule has 1 aliphatic rings. The Labute approximate surface area is 174 Å². The van der Waals surface area contributed by atoms with Crippen LogP contribution in [-0.2, 0) is 9.53 Å². The van der Waals surface area contributed by atoms with E-state index in [9.17, 15) is 14.0 Å². The van der Waals surface area contributed by atoms with Crippen LogP contribution in [0.2, 0.25) is 0 Å². The zero-order valence-corrected chi connectivity index (χ0v) is 17.6. The number of hydrogen-bond acceptors (Lipinski definition) is 5. The molecule has 1 aliphatic heterocycles.